The number of nitriles is 1. The molecule has 0 spiro atoms. The highest BCUT2D eigenvalue weighted by Crippen LogP contribution is 2.25. The molecule has 2 rings (SSSR count). The lowest BCUT2D eigenvalue weighted by Crippen LogP contribution is -2.27. The summed E-state index contributed by atoms with van der Waals surface area (Å²) in [6, 6.07) is 11.2. The number of sulfonamides is 1. The van der Waals surface area contributed by atoms with Crippen LogP contribution in [0.3, 0.4) is 0 Å². The topological polar surface area (TPSA) is 87.2 Å². The molecule has 7 heteroatoms. The standard InChI is InChI=1S/C14H12FN3O2S/c1-18(12-5-2-10(9-16)3-6-12)21(19,20)14-8-11(17)4-7-13(14)15/h2-8H,17H2,1H3. The summed E-state index contributed by atoms with van der Waals surface area (Å²) in [5.41, 5.74) is 6.39. The number of hydrogen-bond donors (Lipinski definition) is 1. The number of nitrogens with two attached hydrogens (primary N) is 1. The van der Waals surface area contributed by atoms with Gasteiger partial charge in [-0.1, -0.05) is 0 Å². The maximum atomic E-state index is 13.8. The second-order valence-electron chi connectivity index (χ2n) is 4.32. The van der Waals surface area contributed by atoms with Gasteiger partial charge in [-0.15, -0.1) is 0 Å². The highest BCUT2D eigenvalue weighted by molar-refractivity contribution is 7.92. The fourth-order valence-electron chi connectivity index (χ4n) is 1.75. The van der Waals surface area contributed by atoms with Gasteiger partial charge in [-0.05, 0) is 42.5 Å². The van der Waals surface area contributed by atoms with E-state index < -0.39 is 20.7 Å². The molecule has 2 aromatic rings. The first-order valence-electron chi connectivity index (χ1n) is 5.90. The zero-order chi connectivity index (χ0) is 15.6. The van der Waals surface area contributed by atoms with Crippen LogP contribution < -0.4 is 10.0 Å². The van der Waals surface area contributed by atoms with Gasteiger partial charge in [0.15, 0.2) is 0 Å². The van der Waals surface area contributed by atoms with Gasteiger partial charge in [0.05, 0.1) is 17.3 Å². The number of halogens is 1. The van der Waals surface area contributed by atoms with Gasteiger partial charge in [0.1, 0.15) is 10.7 Å². The second kappa shape index (κ2) is 5.42. The van der Waals surface area contributed by atoms with Crippen molar-refractivity contribution in [2.75, 3.05) is 17.1 Å². The van der Waals surface area contributed by atoms with E-state index in [2.05, 4.69) is 0 Å². The van der Waals surface area contributed by atoms with Crippen molar-refractivity contribution in [2.45, 2.75) is 4.90 Å². The van der Waals surface area contributed by atoms with Crippen LogP contribution in [0.2, 0.25) is 0 Å². The van der Waals surface area contributed by atoms with Gasteiger partial charge < -0.3 is 5.73 Å². The highest BCUT2D eigenvalue weighted by Gasteiger charge is 2.25. The molecule has 0 aliphatic rings. The molecule has 21 heavy (non-hydrogen) atoms. The van der Waals surface area contributed by atoms with Gasteiger partial charge in [0.25, 0.3) is 10.0 Å². The minimum Gasteiger partial charge on any atom is -0.399 e. The number of nitrogen functional groups attached to an aromatic ring is 1. The lowest BCUT2D eigenvalue weighted by Gasteiger charge is -2.20. The van der Waals surface area contributed by atoms with E-state index in [9.17, 15) is 12.8 Å². The van der Waals surface area contributed by atoms with Crippen molar-refractivity contribution in [2.24, 2.45) is 0 Å². The zero-order valence-corrected chi connectivity index (χ0v) is 11.9. The van der Waals surface area contributed by atoms with E-state index >= 15 is 0 Å². The van der Waals surface area contributed by atoms with E-state index in [1.165, 1.54) is 37.4 Å². The van der Waals surface area contributed by atoms with E-state index in [0.717, 1.165) is 16.4 Å². The molecule has 0 unspecified atom stereocenters. The Morgan fingerprint density at radius 1 is 1.19 bits per heavy atom. The Bertz CT molecular complexity index is 811. The normalized spacial score (nSPS) is 10.9. The number of anilines is 2. The largest absolute Gasteiger partial charge is 0.399 e. The fourth-order valence-corrected chi connectivity index (χ4v) is 3.04. The lowest BCUT2D eigenvalue weighted by atomic mass is 10.2. The molecule has 0 atom stereocenters. The third kappa shape index (κ3) is 2.80. The van der Waals surface area contributed by atoms with Crippen LogP contribution >= 0.6 is 0 Å². The Kier molecular flexibility index (Phi) is 3.82. The lowest BCUT2D eigenvalue weighted by molar-refractivity contribution is 0.566. The predicted octanol–water partition coefficient (Wildman–Crippen LogP) is 2.10. The molecule has 5 nitrogen and oxygen atoms in total. The first-order valence-corrected chi connectivity index (χ1v) is 7.34. The van der Waals surface area contributed by atoms with Crippen molar-refractivity contribution in [3.8, 4) is 6.07 Å². The molecule has 0 aromatic heterocycles. The van der Waals surface area contributed by atoms with Gasteiger partial charge in [-0.2, -0.15) is 5.26 Å². The Balaban J connectivity index is 2.47. The maximum Gasteiger partial charge on any atom is 0.267 e. The maximum absolute atomic E-state index is 13.8. The molecule has 2 N–H and O–H groups in total. The number of nitrogens with zero attached hydrogens (tertiary/aromatic N) is 2. The summed E-state index contributed by atoms with van der Waals surface area (Å²) in [4.78, 5) is -0.491. The van der Waals surface area contributed by atoms with Crippen molar-refractivity contribution >= 4 is 21.4 Å². The summed E-state index contributed by atoms with van der Waals surface area (Å²) in [7, 11) is -2.76. The Morgan fingerprint density at radius 3 is 2.38 bits per heavy atom. The van der Waals surface area contributed by atoms with Crippen molar-refractivity contribution in [3.05, 3.63) is 53.8 Å². The van der Waals surface area contributed by atoms with Gasteiger partial charge in [0, 0.05) is 12.7 Å². The molecule has 0 aliphatic heterocycles. The van der Waals surface area contributed by atoms with E-state index in [4.69, 9.17) is 11.0 Å². The Labute approximate surface area is 122 Å². The average Bonchev–Trinajstić information content (AvgIpc) is 2.49. The van der Waals surface area contributed by atoms with Crippen molar-refractivity contribution in [1.82, 2.24) is 0 Å². The van der Waals surface area contributed by atoms with E-state index in [1.54, 1.807) is 0 Å². The number of benzene rings is 2. The predicted molar refractivity (Wildman–Crippen MR) is 77.6 cm³/mol. The SMILES string of the molecule is CN(c1ccc(C#N)cc1)S(=O)(=O)c1cc(N)ccc1F. The molecule has 0 radical (unpaired) electrons. The summed E-state index contributed by atoms with van der Waals surface area (Å²) in [6.07, 6.45) is 0. The van der Waals surface area contributed by atoms with E-state index in [-0.39, 0.29) is 5.69 Å². The van der Waals surface area contributed by atoms with Crippen LogP contribution in [0.4, 0.5) is 15.8 Å². The molecular weight excluding hydrogens is 293 g/mol. The van der Waals surface area contributed by atoms with Crippen LogP contribution in [0.5, 0.6) is 0 Å². The highest BCUT2D eigenvalue weighted by atomic mass is 32.2. The van der Waals surface area contributed by atoms with Crippen LogP contribution in [0, 0.1) is 17.1 Å². The van der Waals surface area contributed by atoms with E-state index in [0.29, 0.717) is 11.3 Å². The van der Waals surface area contributed by atoms with E-state index in [1.807, 2.05) is 6.07 Å². The summed E-state index contributed by atoms with van der Waals surface area (Å²) in [6.45, 7) is 0. The molecule has 0 saturated carbocycles. The van der Waals surface area contributed by atoms with Crippen LogP contribution in [0.15, 0.2) is 47.4 Å². The van der Waals surface area contributed by atoms with Gasteiger partial charge in [0.2, 0.25) is 0 Å². The summed E-state index contributed by atoms with van der Waals surface area (Å²) < 4.78 is 39.5. The molecule has 0 bridgehead atoms. The minimum absolute atomic E-state index is 0.156. The summed E-state index contributed by atoms with van der Waals surface area (Å²) >= 11 is 0. The number of hydrogen-bond acceptors (Lipinski definition) is 4. The average molecular weight is 305 g/mol. The number of rotatable bonds is 3. The molecule has 0 fully saturated rings. The van der Waals surface area contributed by atoms with Crippen LogP contribution in [0.25, 0.3) is 0 Å². The summed E-state index contributed by atoms with van der Waals surface area (Å²) in [5, 5.41) is 8.73. The third-order valence-electron chi connectivity index (χ3n) is 2.95. The van der Waals surface area contributed by atoms with Crippen LogP contribution in [0.1, 0.15) is 5.56 Å². The van der Waals surface area contributed by atoms with Gasteiger partial charge in [-0.3, -0.25) is 4.31 Å². The second-order valence-corrected chi connectivity index (χ2v) is 6.26. The quantitative estimate of drug-likeness (QED) is 0.880. The minimum atomic E-state index is -4.07. The van der Waals surface area contributed by atoms with Crippen molar-refractivity contribution < 1.29 is 12.8 Å². The molecule has 0 aliphatic carbocycles. The first-order chi connectivity index (χ1) is 9.86. The monoisotopic (exact) mass is 305 g/mol. The molecule has 0 heterocycles. The van der Waals surface area contributed by atoms with Gasteiger partial charge >= 0.3 is 0 Å². The third-order valence-corrected chi connectivity index (χ3v) is 4.75. The molecule has 0 amide bonds. The Morgan fingerprint density at radius 2 is 1.81 bits per heavy atom. The van der Waals surface area contributed by atoms with Gasteiger partial charge in [-0.25, -0.2) is 12.8 Å². The smallest absolute Gasteiger partial charge is 0.267 e. The molecule has 0 saturated heterocycles. The fraction of sp³-hybridized carbons (Fsp3) is 0.0714. The zero-order valence-electron chi connectivity index (χ0n) is 11.1. The van der Waals surface area contributed by atoms with Crippen molar-refractivity contribution in [3.63, 3.8) is 0 Å². The van der Waals surface area contributed by atoms with Crippen molar-refractivity contribution in [1.29, 1.82) is 5.26 Å². The summed E-state index contributed by atoms with van der Waals surface area (Å²) in [5.74, 6) is -0.871. The Hall–Kier alpha value is -2.59. The first kappa shape index (κ1) is 14.8. The van der Waals surface area contributed by atoms with Crippen LogP contribution in [-0.4, -0.2) is 15.5 Å². The molecular formula is C14H12FN3O2S. The molecule has 2 aromatic carbocycles. The molecule has 108 valence electrons. The van der Waals surface area contributed by atoms with Crippen LogP contribution in [-0.2, 0) is 10.0 Å².